The molecule has 1 fully saturated rings. The standard InChI is InChI=1S/C15H20O2/c1-10(2)15-8-7-14(4,17-15)12-6-5-11(3)9-13(12)16-15/h5-6,9-10H,7-8H2,1-4H3. The Morgan fingerprint density at radius 1 is 1.24 bits per heavy atom. The lowest BCUT2D eigenvalue weighted by atomic mass is 9.91. The molecule has 2 unspecified atom stereocenters. The van der Waals surface area contributed by atoms with E-state index in [0.29, 0.717) is 5.92 Å². The number of rotatable bonds is 1. The van der Waals surface area contributed by atoms with Crippen molar-refractivity contribution >= 4 is 0 Å². The van der Waals surface area contributed by atoms with Crippen molar-refractivity contribution in [2.45, 2.75) is 51.9 Å². The fourth-order valence-corrected chi connectivity index (χ4v) is 3.02. The van der Waals surface area contributed by atoms with E-state index in [1.54, 1.807) is 0 Å². The Hall–Kier alpha value is -1.02. The van der Waals surface area contributed by atoms with Crippen molar-refractivity contribution < 1.29 is 9.47 Å². The zero-order valence-corrected chi connectivity index (χ0v) is 11.0. The van der Waals surface area contributed by atoms with E-state index < -0.39 is 5.79 Å². The van der Waals surface area contributed by atoms with Crippen molar-refractivity contribution in [3.05, 3.63) is 29.3 Å². The molecule has 2 aliphatic heterocycles. The predicted molar refractivity (Wildman–Crippen MR) is 67.0 cm³/mol. The molecule has 2 nitrogen and oxygen atoms in total. The molecule has 0 N–H and O–H groups in total. The van der Waals surface area contributed by atoms with Gasteiger partial charge in [-0.1, -0.05) is 26.0 Å². The fraction of sp³-hybridized carbons (Fsp3) is 0.600. The molecule has 1 aromatic carbocycles. The van der Waals surface area contributed by atoms with Gasteiger partial charge in [-0.25, -0.2) is 0 Å². The summed E-state index contributed by atoms with van der Waals surface area (Å²) < 4.78 is 12.5. The molecule has 0 amide bonds. The summed E-state index contributed by atoms with van der Waals surface area (Å²) in [6, 6.07) is 6.43. The summed E-state index contributed by atoms with van der Waals surface area (Å²) in [6.45, 7) is 8.64. The molecular weight excluding hydrogens is 212 g/mol. The van der Waals surface area contributed by atoms with Crippen LogP contribution in [0.25, 0.3) is 0 Å². The second-order valence-electron chi connectivity index (χ2n) is 5.90. The summed E-state index contributed by atoms with van der Waals surface area (Å²) in [5.41, 5.74) is 2.29. The minimum absolute atomic E-state index is 0.161. The molecule has 92 valence electrons. The predicted octanol–water partition coefficient (Wildman–Crippen LogP) is 3.77. The summed E-state index contributed by atoms with van der Waals surface area (Å²) in [5, 5.41) is 0. The second kappa shape index (κ2) is 3.26. The van der Waals surface area contributed by atoms with E-state index in [1.165, 1.54) is 11.1 Å². The molecule has 2 aliphatic rings. The van der Waals surface area contributed by atoms with Crippen LogP contribution >= 0.6 is 0 Å². The van der Waals surface area contributed by atoms with E-state index in [0.717, 1.165) is 18.6 Å². The monoisotopic (exact) mass is 232 g/mol. The van der Waals surface area contributed by atoms with Gasteiger partial charge in [-0.15, -0.1) is 0 Å². The molecule has 0 saturated carbocycles. The van der Waals surface area contributed by atoms with Crippen molar-refractivity contribution in [3.8, 4) is 5.75 Å². The Kier molecular flexibility index (Phi) is 2.13. The van der Waals surface area contributed by atoms with Crippen LogP contribution in [0, 0.1) is 12.8 Å². The van der Waals surface area contributed by atoms with Crippen LogP contribution in [0.1, 0.15) is 44.7 Å². The van der Waals surface area contributed by atoms with Crippen molar-refractivity contribution in [2.24, 2.45) is 5.92 Å². The normalized spacial score (nSPS) is 34.6. The Bertz CT molecular complexity index is 466. The third-order valence-corrected chi connectivity index (χ3v) is 4.22. The van der Waals surface area contributed by atoms with Crippen LogP contribution in [0.3, 0.4) is 0 Å². The maximum atomic E-state index is 6.28. The van der Waals surface area contributed by atoms with E-state index in [1.807, 2.05) is 0 Å². The van der Waals surface area contributed by atoms with Crippen LogP contribution in [-0.4, -0.2) is 5.79 Å². The molecule has 0 radical (unpaired) electrons. The minimum Gasteiger partial charge on any atom is -0.462 e. The molecule has 0 aromatic heterocycles. The van der Waals surface area contributed by atoms with Gasteiger partial charge in [0.05, 0.1) is 5.60 Å². The van der Waals surface area contributed by atoms with Gasteiger partial charge in [-0.2, -0.15) is 0 Å². The molecule has 3 rings (SSSR count). The number of ether oxygens (including phenoxy) is 2. The quantitative estimate of drug-likeness (QED) is 0.734. The Morgan fingerprint density at radius 2 is 2.00 bits per heavy atom. The number of aryl methyl sites for hydroxylation is 1. The zero-order chi connectivity index (χ0) is 12.3. The summed E-state index contributed by atoms with van der Waals surface area (Å²) >= 11 is 0. The Balaban J connectivity index is 2.14. The first-order valence-corrected chi connectivity index (χ1v) is 6.46. The van der Waals surface area contributed by atoms with Gasteiger partial charge in [-0.05, 0) is 31.9 Å². The van der Waals surface area contributed by atoms with Gasteiger partial charge in [0.15, 0.2) is 0 Å². The molecule has 1 aromatic rings. The van der Waals surface area contributed by atoms with Gasteiger partial charge in [0.2, 0.25) is 5.79 Å². The third-order valence-electron chi connectivity index (χ3n) is 4.22. The van der Waals surface area contributed by atoms with Gasteiger partial charge in [0.1, 0.15) is 5.75 Å². The highest BCUT2D eigenvalue weighted by Crippen LogP contribution is 2.54. The SMILES string of the molecule is Cc1ccc2c(c1)OC1(C(C)C)CCC2(C)O1. The van der Waals surface area contributed by atoms with E-state index in [4.69, 9.17) is 9.47 Å². The number of hydrogen-bond donors (Lipinski definition) is 0. The molecule has 2 heteroatoms. The van der Waals surface area contributed by atoms with E-state index in [9.17, 15) is 0 Å². The second-order valence-corrected chi connectivity index (χ2v) is 5.90. The molecule has 2 heterocycles. The van der Waals surface area contributed by atoms with Crippen LogP contribution in [0.2, 0.25) is 0 Å². The van der Waals surface area contributed by atoms with Crippen LogP contribution in [0.5, 0.6) is 5.75 Å². The highest BCUT2D eigenvalue weighted by atomic mass is 16.7. The van der Waals surface area contributed by atoms with Gasteiger partial charge < -0.3 is 9.47 Å². The van der Waals surface area contributed by atoms with E-state index in [2.05, 4.69) is 45.9 Å². The number of fused-ring (bicyclic) bond motifs is 4. The topological polar surface area (TPSA) is 18.5 Å². The summed E-state index contributed by atoms with van der Waals surface area (Å²) in [5.74, 6) is 0.984. The maximum Gasteiger partial charge on any atom is 0.213 e. The first-order chi connectivity index (χ1) is 7.95. The number of hydrogen-bond acceptors (Lipinski definition) is 2. The highest BCUT2D eigenvalue weighted by Gasteiger charge is 2.55. The molecule has 2 atom stereocenters. The molecule has 0 aliphatic carbocycles. The average molecular weight is 232 g/mol. The first kappa shape index (κ1) is 11.1. The van der Waals surface area contributed by atoms with Crippen molar-refractivity contribution in [1.29, 1.82) is 0 Å². The summed E-state index contributed by atoms with van der Waals surface area (Å²) in [7, 11) is 0. The molecule has 1 saturated heterocycles. The lowest BCUT2D eigenvalue weighted by Crippen LogP contribution is -2.46. The lowest BCUT2D eigenvalue weighted by Gasteiger charge is -2.42. The van der Waals surface area contributed by atoms with E-state index in [-0.39, 0.29) is 5.60 Å². The largest absolute Gasteiger partial charge is 0.462 e. The van der Waals surface area contributed by atoms with Crippen molar-refractivity contribution in [2.75, 3.05) is 0 Å². The van der Waals surface area contributed by atoms with Gasteiger partial charge in [0.25, 0.3) is 0 Å². The van der Waals surface area contributed by atoms with Crippen molar-refractivity contribution in [3.63, 3.8) is 0 Å². The molecular formula is C15H20O2. The minimum atomic E-state index is -0.407. The van der Waals surface area contributed by atoms with Crippen molar-refractivity contribution in [1.82, 2.24) is 0 Å². The molecule has 2 bridgehead atoms. The Morgan fingerprint density at radius 3 is 2.71 bits per heavy atom. The fourth-order valence-electron chi connectivity index (χ4n) is 3.02. The smallest absolute Gasteiger partial charge is 0.213 e. The zero-order valence-electron chi connectivity index (χ0n) is 11.0. The summed E-state index contributed by atoms with van der Waals surface area (Å²) in [6.07, 6.45) is 2.02. The van der Waals surface area contributed by atoms with Crippen LogP contribution in [0.15, 0.2) is 18.2 Å². The molecule has 0 spiro atoms. The van der Waals surface area contributed by atoms with Crippen LogP contribution in [0.4, 0.5) is 0 Å². The van der Waals surface area contributed by atoms with Gasteiger partial charge in [0, 0.05) is 17.9 Å². The molecule has 17 heavy (non-hydrogen) atoms. The average Bonchev–Trinajstić information content (AvgIpc) is 2.53. The van der Waals surface area contributed by atoms with E-state index >= 15 is 0 Å². The Labute approximate surface area is 103 Å². The van der Waals surface area contributed by atoms with Crippen LogP contribution < -0.4 is 4.74 Å². The number of benzene rings is 1. The third kappa shape index (κ3) is 1.43. The highest BCUT2D eigenvalue weighted by molar-refractivity contribution is 5.43. The van der Waals surface area contributed by atoms with Crippen LogP contribution in [-0.2, 0) is 10.3 Å². The maximum absolute atomic E-state index is 6.28. The lowest BCUT2D eigenvalue weighted by molar-refractivity contribution is -0.244. The summed E-state index contributed by atoms with van der Waals surface area (Å²) in [4.78, 5) is 0. The van der Waals surface area contributed by atoms with Gasteiger partial charge >= 0.3 is 0 Å². The van der Waals surface area contributed by atoms with Gasteiger partial charge in [-0.3, -0.25) is 0 Å². The first-order valence-electron chi connectivity index (χ1n) is 6.46.